The van der Waals surface area contributed by atoms with Crippen molar-refractivity contribution in [3.05, 3.63) is 0 Å². The summed E-state index contributed by atoms with van der Waals surface area (Å²) in [6.07, 6.45) is 0.457. The molecule has 0 aliphatic carbocycles. The van der Waals surface area contributed by atoms with E-state index in [0.29, 0.717) is 12.8 Å². The molecule has 0 aromatic rings. The smallest absolute Gasteiger partial charge is 0.193 e. The lowest BCUT2D eigenvalue weighted by atomic mass is 10.1. The number of rotatable bonds is 4. The zero-order chi connectivity index (χ0) is 8.91. The largest absolute Gasteiger partial charge is 0.396 e. The minimum absolute atomic E-state index is 0.0525. The summed E-state index contributed by atoms with van der Waals surface area (Å²) < 4.78 is -1.39. The van der Waals surface area contributed by atoms with E-state index < -0.39 is 9.90 Å². The molecule has 2 nitrogen and oxygen atoms in total. The van der Waals surface area contributed by atoms with Gasteiger partial charge in [-0.05, 0) is 12.8 Å². The molecule has 0 fully saturated rings. The summed E-state index contributed by atoms with van der Waals surface area (Å²) >= 11 is 16.2. The first-order valence-corrected chi connectivity index (χ1v) is 4.45. The van der Waals surface area contributed by atoms with Crippen molar-refractivity contribution in [2.75, 3.05) is 6.61 Å². The Hall–Kier alpha value is 0.790. The van der Waals surface area contributed by atoms with Crippen LogP contribution in [0.15, 0.2) is 0 Å². The lowest BCUT2D eigenvalue weighted by Gasteiger charge is -2.15. The maximum Gasteiger partial charge on any atom is 0.193 e. The molecule has 0 amide bonds. The van der Waals surface area contributed by atoms with Crippen molar-refractivity contribution in [2.45, 2.75) is 29.2 Å². The number of aliphatic hydroxyl groups excluding tert-OH is 2. The maximum atomic E-state index is 9.15. The van der Waals surface area contributed by atoms with Crippen LogP contribution in [0.1, 0.15) is 19.3 Å². The highest BCUT2D eigenvalue weighted by molar-refractivity contribution is 6.67. The Morgan fingerprint density at radius 1 is 1.27 bits per heavy atom. The van der Waals surface area contributed by atoms with Crippen LogP contribution in [0, 0.1) is 0 Å². The highest BCUT2D eigenvalue weighted by atomic mass is 35.6. The molecule has 1 atom stereocenters. The highest BCUT2D eigenvalue weighted by Gasteiger charge is 2.23. The lowest BCUT2D eigenvalue weighted by Crippen LogP contribution is -2.16. The molecule has 5 heteroatoms. The first-order valence-electron chi connectivity index (χ1n) is 3.31. The van der Waals surface area contributed by atoms with Gasteiger partial charge in [0.25, 0.3) is 0 Å². The third-order valence-corrected chi connectivity index (χ3v) is 1.63. The molecule has 0 aromatic heterocycles. The van der Waals surface area contributed by atoms with E-state index in [2.05, 4.69) is 0 Å². The van der Waals surface area contributed by atoms with Gasteiger partial charge in [-0.15, -0.1) is 0 Å². The molecule has 0 saturated heterocycles. The summed E-state index contributed by atoms with van der Waals surface area (Å²) in [5.41, 5.74) is 0. The number of alkyl halides is 3. The van der Waals surface area contributed by atoms with Crippen molar-refractivity contribution >= 4 is 34.8 Å². The normalized spacial score (nSPS) is 15.0. The van der Waals surface area contributed by atoms with Crippen LogP contribution in [0.3, 0.4) is 0 Å². The Balaban J connectivity index is 3.44. The molecular weight excluding hydrogens is 210 g/mol. The van der Waals surface area contributed by atoms with Gasteiger partial charge in [-0.3, -0.25) is 0 Å². The van der Waals surface area contributed by atoms with Gasteiger partial charge in [0.05, 0.1) is 6.10 Å². The van der Waals surface area contributed by atoms with Crippen LogP contribution in [0.25, 0.3) is 0 Å². The van der Waals surface area contributed by atoms with Crippen LogP contribution < -0.4 is 0 Å². The summed E-state index contributed by atoms with van der Waals surface area (Å²) in [5.74, 6) is 0. The first kappa shape index (κ1) is 11.8. The number of hydrogen-bond acceptors (Lipinski definition) is 2. The topological polar surface area (TPSA) is 40.5 Å². The summed E-state index contributed by atoms with van der Waals surface area (Å²) in [6, 6.07) is 0. The van der Waals surface area contributed by atoms with Crippen molar-refractivity contribution < 1.29 is 10.2 Å². The van der Waals surface area contributed by atoms with Gasteiger partial charge in [0.1, 0.15) is 0 Å². The lowest BCUT2D eigenvalue weighted by molar-refractivity contribution is 0.142. The SMILES string of the molecule is OCCCC(O)CC(Cl)(Cl)Cl. The van der Waals surface area contributed by atoms with Gasteiger partial charge in [-0.1, -0.05) is 34.8 Å². The van der Waals surface area contributed by atoms with Gasteiger partial charge in [0.2, 0.25) is 0 Å². The minimum Gasteiger partial charge on any atom is -0.396 e. The van der Waals surface area contributed by atoms with Crippen molar-refractivity contribution in [1.29, 1.82) is 0 Å². The highest BCUT2D eigenvalue weighted by Crippen LogP contribution is 2.32. The van der Waals surface area contributed by atoms with E-state index in [0.717, 1.165) is 0 Å². The number of halogens is 3. The van der Waals surface area contributed by atoms with Gasteiger partial charge in [-0.2, -0.15) is 0 Å². The molecule has 0 rings (SSSR count). The molecule has 0 aliphatic rings. The molecule has 0 saturated carbocycles. The number of hydrogen-bond donors (Lipinski definition) is 2. The Bertz CT molecular complexity index is 102. The van der Waals surface area contributed by atoms with Gasteiger partial charge < -0.3 is 10.2 Å². The Kier molecular flexibility index (Phi) is 5.83. The molecule has 0 aromatic carbocycles. The molecule has 11 heavy (non-hydrogen) atoms. The van der Waals surface area contributed by atoms with E-state index in [1.807, 2.05) is 0 Å². The van der Waals surface area contributed by atoms with Crippen molar-refractivity contribution in [3.63, 3.8) is 0 Å². The van der Waals surface area contributed by atoms with Gasteiger partial charge >= 0.3 is 0 Å². The van der Waals surface area contributed by atoms with Crippen LogP contribution in [0.4, 0.5) is 0 Å². The average molecular weight is 222 g/mol. The molecule has 0 radical (unpaired) electrons. The third-order valence-electron chi connectivity index (χ3n) is 1.16. The third kappa shape index (κ3) is 8.70. The number of aliphatic hydroxyl groups is 2. The maximum absolute atomic E-state index is 9.15. The van der Waals surface area contributed by atoms with E-state index in [4.69, 9.17) is 45.0 Å². The zero-order valence-corrected chi connectivity index (χ0v) is 8.20. The molecule has 1 unspecified atom stereocenters. The quantitative estimate of drug-likeness (QED) is 0.712. The first-order chi connectivity index (χ1) is 4.95. The van der Waals surface area contributed by atoms with Crippen molar-refractivity contribution in [2.24, 2.45) is 0 Å². The van der Waals surface area contributed by atoms with Crippen LogP contribution in [0.2, 0.25) is 0 Å². The monoisotopic (exact) mass is 220 g/mol. The van der Waals surface area contributed by atoms with E-state index in [-0.39, 0.29) is 13.0 Å². The minimum atomic E-state index is -1.39. The van der Waals surface area contributed by atoms with Crippen molar-refractivity contribution in [1.82, 2.24) is 0 Å². The molecule has 0 spiro atoms. The van der Waals surface area contributed by atoms with E-state index in [1.165, 1.54) is 0 Å². The van der Waals surface area contributed by atoms with E-state index in [1.54, 1.807) is 0 Å². The van der Waals surface area contributed by atoms with E-state index >= 15 is 0 Å². The average Bonchev–Trinajstić information content (AvgIpc) is 1.79. The molecule has 0 heterocycles. The summed E-state index contributed by atoms with van der Waals surface area (Å²) in [4.78, 5) is 0. The molecule has 0 bridgehead atoms. The predicted octanol–water partition coefficient (Wildman–Crippen LogP) is 1.88. The second-order valence-corrected chi connectivity index (χ2v) is 4.86. The fourth-order valence-electron chi connectivity index (χ4n) is 0.696. The summed E-state index contributed by atoms with van der Waals surface area (Å²) in [7, 11) is 0. The molecule has 2 N–H and O–H groups in total. The predicted molar refractivity (Wildman–Crippen MR) is 47.2 cm³/mol. The molecule has 0 aliphatic heterocycles. The second-order valence-electron chi connectivity index (χ2n) is 2.34. The van der Waals surface area contributed by atoms with Gasteiger partial charge in [0.15, 0.2) is 3.79 Å². The fraction of sp³-hybridized carbons (Fsp3) is 1.00. The molecule has 68 valence electrons. The van der Waals surface area contributed by atoms with Crippen LogP contribution in [0.5, 0.6) is 0 Å². The molecular formula is C6H11Cl3O2. The van der Waals surface area contributed by atoms with E-state index in [9.17, 15) is 0 Å². The Morgan fingerprint density at radius 2 is 1.82 bits per heavy atom. The summed E-state index contributed by atoms with van der Waals surface area (Å²) in [6.45, 7) is 0.0525. The standard InChI is InChI=1S/C6H11Cl3O2/c7-6(8,9)4-5(11)2-1-3-10/h5,10-11H,1-4H2. The Labute approximate surface area is 81.1 Å². The Morgan fingerprint density at radius 3 is 2.18 bits per heavy atom. The van der Waals surface area contributed by atoms with Crippen LogP contribution in [-0.4, -0.2) is 26.7 Å². The van der Waals surface area contributed by atoms with Crippen LogP contribution >= 0.6 is 34.8 Å². The van der Waals surface area contributed by atoms with Crippen molar-refractivity contribution in [3.8, 4) is 0 Å². The summed E-state index contributed by atoms with van der Waals surface area (Å²) in [5, 5.41) is 17.6. The fourth-order valence-corrected chi connectivity index (χ4v) is 1.23. The second kappa shape index (κ2) is 5.44. The zero-order valence-electron chi connectivity index (χ0n) is 5.93. The van der Waals surface area contributed by atoms with Crippen LogP contribution in [-0.2, 0) is 0 Å². The van der Waals surface area contributed by atoms with Gasteiger partial charge in [0, 0.05) is 13.0 Å². The van der Waals surface area contributed by atoms with Gasteiger partial charge in [-0.25, -0.2) is 0 Å².